The fourth-order valence-corrected chi connectivity index (χ4v) is 26.4. The summed E-state index contributed by atoms with van der Waals surface area (Å²) in [5.41, 5.74) is 3.83. The molecule has 0 N–H and O–H groups in total. The van der Waals surface area contributed by atoms with E-state index < -0.39 is 34.2 Å². The molecule has 0 unspecified atom stereocenters. The molecule has 1 aliphatic heterocycles. The smallest absolute Gasteiger partial charge is 0.352 e. The Labute approximate surface area is 266 Å². The van der Waals surface area contributed by atoms with Crippen molar-refractivity contribution >= 4 is 55.0 Å². The molecule has 0 spiro atoms. The van der Waals surface area contributed by atoms with Crippen LogP contribution < -0.4 is 0 Å². The number of rotatable bonds is 8. The molecule has 224 valence electrons. The van der Waals surface area contributed by atoms with Crippen LogP contribution in [0.25, 0.3) is 20.8 Å². The first-order valence-corrected chi connectivity index (χ1v) is 24.0. The summed E-state index contributed by atoms with van der Waals surface area (Å²) in [4.78, 5) is 0. The zero-order valence-corrected chi connectivity index (χ0v) is 30.0. The predicted octanol–water partition coefficient (Wildman–Crippen LogP) is 9.36. The summed E-state index contributed by atoms with van der Waals surface area (Å²) in [6.07, 6.45) is 0. The normalized spacial score (nSPS) is 27.0. The minimum atomic E-state index is -3.35. The summed E-state index contributed by atoms with van der Waals surface area (Å²) in [5, 5.41) is 3.21. The summed E-state index contributed by atoms with van der Waals surface area (Å²) in [6.45, 7) is 26.6. The van der Waals surface area contributed by atoms with E-state index in [4.69, 9.17) is 16.5 Å². The molecule has 0 bridgehead atoms. The molecule has 4 nitrogen and oxygen atoms in total. The van der Waals surface area contributed by atoms with Crippen molar-refractivity contribution in [2.24, 2.45) is 0 Å². The van der Waals surface area contributed by atoms with Crippen molar-refractivity contribution in [2.45, 2.75) is 26.2 Å². The molecule has 0 atom stereocenters. The largest absolute Gasteiger partial charge is 0.409 e. The van der Waals surface area contributed by atoms with Gasteiger partial charge in [-0.25, -0.2) is 0 Å². The molecule has 8 heteroatoms. The van der Waals surface area contributed by atoms with E-state index in [0.717, 1.165) is 43.0 Å². The number of hydrogen-bond acceptors (Lipinski definition) is 4. The van der Waals surface area contributed by atoms with E-state index in [1.165, 1.54) is 0 Å². The molecule has 4 aromatic rings. The van der Waals surface area contributed by atoms with Gasteiger partial charge in [0.25, 0.3) is 0 Å². The van der Waals surface area contributed by atoms with E-state index >= 15 is 0 Å². The van der Waals surface area contributed by atoms with Gasteiger partial charge in [0.1, 0.15) is 0 Å². The monoisotopic (exact) mass is 648 g/mol. The molecule has 1 aliphatic rings. The minimum Gasteiger partial charge on any atom is -0.409 e. The summed E-state index contributed by atoms with van der Waals surface area (Å²) >= 11 is 0. The Hall–Kier alpha value is -3.45. The Balaban J connectivity index is 1.71. The predicted molar refractivity (Wildman–Crippen MR) is 193 cm³/mol. The first-order valence-electron chi connectivity index (χ1n) is 14.7. The highest BCUT2D eigenvalue weighted by atomic mass is 28.5. The van der Waals surface area contributed by atoms with Crippen molar-refractivity contribution in [2.75, 3.05) is 0 Å². The maximum atomic E-state index is 7.40. The Morgan fingerprint density at radius 2 is 0.500 bits per heavy atom. The van der Waals surface area contributed by atoms with Crippen molar-refractivity contribution < 1.29 is 16.5 Å². The molecule has 1 fully saturated rings. The Bertz CT molecular complexity index is 1410. The molecule has 0 saturated carbocycles. The molecule has 0 radical (unpaired) electrons. The molecule has 5 rings (SSSR count). The van der Waals surface area contributed by atoms with E-state index in [1.54, 1.807) is 0 Å². The van der Waals surface area contributed by atoms with Crippen LogP contribution in [-0.2, 0) is 16.5 Å². The molecule has 0 aromatic heterocycles. The van der Waals surface area contributed by atoms with Crippen LogP contribution in [-0.4, -0.2) is 34.2 Å². The zero-order valence-electron chi connectivity index (χ0n) is 26.0. The summed E-state index contributed by atoms with van der Waals surface area (Å²) < 4.78 is 29.6. The molecule has 0 aliphatic carbocycles. The molecule has 1 saturated heterocycles. The van der Waals surface area contributed by atoms with E-state index in [-0.39, 0.29) is 0 Å². The third kappa shape index (κ3) is 6.34. The fourth-order valence-electron chi connectivity index (χ4n) is 5.67. The van der Waals surface area contributed by atoms with Gasteiger partial charge >= 0.3 is 34.2 Å². The maximum absolute atomic E-state index is 7.40. The van der Waals surface area contributed by atoms with Crippen LogP contribution in [0.4, 0.5) is 0 Å². The molecule has 44 heavy (non-hydrogen) atoms. The lowest BCUT2D eigenvalue weighted by atomic mass is 10.2. The van der Waals surface area contributed by atoms with Crippen LogP contribution in [0.5, 0.6) is 0 Å². The first-order chi connectivity index (χ1) is 20.9. The van der Waals surface area contributed by atoms with Gasteiger partial charge in [0, 0.05) is 0 Å². The molecule has 0 amide bonds. The Morgan fingerprint density at radius 1 is 0.341 bits per heavy atom. The highest BCUT2D eigenvalue weighted by molar-refractivity contribution is 7.09. The lowest BCUT2D eigenvalue weighted by Crippen LogP contribution is -2.68. The van der Waals surface area contributed by atoms with Crippen molar-refractivity contribution in [3.8, 4) is 0 Å². The maximum Gasteiger partial charge on any atom is 0.352 e. The lowest BCUT2D eigenvalue weighted by Gasteiger charge is -2.51. The van der Waals surface area contributed by atoms with Crippen molar-refractivity contribution in [3.63, 3.8) is 0 Å². The van der Waals surface area contributed by atoms with Gasteiger partial charge in [-0.2, -0.15) is 0 Å². The topological polar surface area (TPSA) is 36.9 Å². The Kier molecular flexibility index (Phi) is 9.08. The van der Waals surface area contributed by atoms with E-state index in [2.05, 4.69) is 52.5 Å². The van der Waals surface area contributed by atoms with Gasteiger partial charge in [-0.3, -0.25) is 0 Å². The lowest BCUT2D eigenvalue weighted by molar-refractivity contribution is 0.256. The van der Waals surface area contributed by atoms with Crippen LogP contribution in [0.2, 0.25) is 26.2 Å². The average Bonchev–Trinajstić information content (AvgIpc) is 3.04. The summed E-state index contributed by atoms with van der Waals surface area (Å²) in [7, 11) is -13.4. The summed E-state index contributed by atoms with van der Waals surface area (Å²) in [5.74, 6) is 0. The van der Waals surface area contributed by atoms with Crippen LogP contribution in [0, 0.1) is 0 Å². The van der Waals surface area contributed by atoms with E-state index in [9.17, 15) is 0 Å². The van der Waals surface area contributed by atoms with Gasteiger partial charge in [-0.1, -0.05) is 148 Å². The second-order valence-corrected chi connectivity index (χ2v) is 24.8. The Morgan fingerprint density at radius 3 is 0.659 bits per heavy atom. The highest BCUT2D eigenvalue weighted by Crippen LogP contribution is 2.46. The standard InChI is InChI=1S/C36H40O4Si4/c1-29(33-21-13-9-14-22-33)41(5)37-42(6,30(2)34-23-15-10-16-24-34)39-44(8,32(4)36-27-19-12-20-28-36)40-43(7,38-41)31(3)35-25-17-11-18-26-35/h9-28H,1-4H2,5-8H3. The van der Waals surface area contributed by atoms with Crippen molar-refractivity contribution in [1.29, 1.82) is 0 Å². The SMILES string of the molecule is C=C(c1ccccc1)[Si]1(C)O[Si](C)(C(=C)c2ccccc2)O[Si](C)(C(=C)c2ccccc2)O[Si](C)(C(=C)c2ccccc2)O1. The highest BCUT2D eigenvalue weighted by Gasteiger charge is 2.61. The first kappa shape index (κ1) is 32.0. The minimum absolute atomic E-state index is 0.802. The third-order valence-corrected chi connectivity index (χ3v) is 26.2. The number of hydrogen-bond donors (Lipinski definition) is 0. The van der Waals surface area contributed by atoms with Crippen molar-refractivity contribution in [3.05, 3.63) is 170 Å². The van der Waals surface area contributed by atoms with Gasteiger partial charge in [0.15, 0.2) is 0 Å². The zero-order chi connectivity index (χ0) is 31.6. The van der Waals surface area contributed by atoms with Gasteiger partial charge in [0.05, 0.1) is 0 Å². The molecule has 1 heterocycles. The molecular formula is C36H40O4Si4. The average molecular weight is 649 g/mol. The fraction of sp³-hybridized carbons (Fsp3) is 0.111. The van der Waals surface area contributed by atoms with Gasteiger partial charge < -0.3 is 16.5 Å². The van der Waals surface area contributed by atoms with Gasteiger partial charge in [0.2, 0.25) is 0 Å². The summed E-state index contributed by atoms with van der Waals surface area (Å²) in [6, 6.07) is 40.3. The van der Waals surface area contributed by atoms with Crippen LogP contribution in [0.3, 0.4) is 0 Å². The second kappa shape index (κ2) is 12.5. The van der Waals surface area contributed by atoms with Crippen LogP contribution in [0.1, 0.15) is 22.3 Å². The second-order valence-electron chi connectivity index (χ2n) is 11.6. The molecular weight excluding hydrogens is 609 g/mol. The van der Waals surface area contributed by atoms with Crippen LogP contribution in [0.15, 0.2) is 148 Å². The van der Waals surface area contributed by atoms with Crippen molar-refractivity contribution in [1.82, 2.24) is 0 Å². The van der Waals surface area contributed by atoms with Gasteiger partial charge in [-0.05, 0) is 69.2 Å². The number of benzene rings is 4. The quantitative estimate of drug-likeness (QED) is 0.179. The van der Waals surface area contributed by atoms with E-state index in [1.807, 2.05) is 121 Å². The molecule has 4 aromatic carbocycles. The van der Waals surface area contributed by atoms with E-state index in [0.29, 0.717) is 0 Å². The van der Waals surface area contributed by atoms with Gasteiger partial charge in [-0.15, -0.1) is 0 Å². The third-order valence-electron chi connectivity index (χ3n) is 8.24. The van der Waals surface area contributed by atoms with Crippen LogP contribution >= 0.6 is 0 Å².